The van der Waals surface area contributed by atoms with Crippen LogP contribution in [0.25, 0.3) is 10.8 Å². The molecule has 0 radical (unpaired) electrons. The summed E-state index contributed by atoms with van der Waals surface area (Å²) >= 11 is 0. The predicted molar refractivity (Wildman–Crippen MR) is 136 cm³/mol. The topological polar surface area (TPSA) is 70.2 Å². The Labute approximate surface area is 206 Å². The van der Waals surface area contributed by atoms with Gasteiger partial charge in [0.05, 0.1) is 7.11 Å². The van der Waals surface area contributed by atoms with Gasteiger partial charge in [-0.15, -0.1) is 0 Å². The second-order valence-corrected chi connectivity index (χ2v) is 11.1. The quantitative estimate of drug-likeness (QED) is 0.525. The third kappa shape index (κ3) is 4.78. The molecule has 0 spiro atoms. The lowest BCUT2D eigenvalue weighted by Gasteiger charge is -2.35. The molecule has 5 rings (SSSR count). The van der Waals surface area contributed by atoms with Crippen molar-refractivity contribution in [2.45, 2.75) is 24.3 Å². The van der Waals surface area contributed by atoms with E-state index in [0.29, 0.717) is 31.7 Å². The van der Waals surface area contributed by atoms with Gasteiger partial charge in [-0.05, 0) is 47.4 Å². The van der Waals surface area contributed by atoms with Gasteiger partial charge in [0.2, 0.25) is 10.0 Å². The van der Waals surface area contributed by atoms with Crippen molar-refractivity contribution < 1.29 is 17.9 Å². The van der Waals surface area contributed by atoms with Gasteiger partial charge in [0.15, 0.2) is 0 Å². The molecule has 2 aliphatic rings. The van der Waals surface area contributed by atoms with Crippen LogP contribution in [0.4, 0.5) is 0 Å². The molecule has 3 aromatic rings. The molecule has 7 nitrogen and oxygen atoms in total. The lowest BCUT2D eigenvalue weighted by Crippen LogP contribution is -2.48. The summed E-state index contributed by atoms with van der Waals surface area (Å²) in [6.07, 6.45) is 1.70. The van der Waals surface area contributed by atoms with Crippen molar-refractivity contribution in [3.63, 3.8) is 0 Å². The van der Waals surface area contributed by atoms with E-state index in [9.17, 15) is 13.2 Å². The highest BCUT2D eigenvalue weighted by atomic mass is 32.2. The number of ether oxygens (including phenoxy) is 1. The second kappa shape index (κ2) is 9.97. The Morgan fingerprint density at radius 1 is 0.886 bits per heavy atom. The van der Waals surface area contributed by atoms with Crippen molar-refractivity contribution in [1.82, 2.24) is 14.1 Å². The fourth-order valence-corrected chi connectivity index (χ4v) is 6.74. The normalized spacial score (nSPS) is 17.7. The van der Waals surface area contributed by atoms with Crippen LogP contribution in [0, 0.1) is 0 Å². The van der Waals surface area contributed by atoms with E-state index in [1.165, 1.54) is 33.8 Å². The molecule has 0 atom stereocenters. The molecule has 1 amide bonds. The van der Waals surface area contributed by atoms with Gasteiger partial charge in [-0.2, -0.15) is 4.31 Å². The second-order valence-electron chi connectivity index (χ2n) is 9.18. The summed E-state index contributed by atoms with van der Waals surface area (Å²) in [7, 11) is -2.25. The summed E-state index contributed by atoms with van der Waals surface area (Å²) in [5.41, 5.74) is 1.67. The van der Waals surface area contributed by atoms with Crippen LogP contribution in [0.2, 0.25) is 0 Å². The molecule has 35 heavy (non-hydrogen) atoms. The van der Waals surface area contributed by atoms with E-state index >= 15 is 0 Å². The molecule has 0 aliphatic carbocycles. The molecule has 0 N–H and O–H groups in total. The van der Waals surface area contributed by atoms with Gasteiger partial charge in [-0.3, -0.25) is 9.69 Å². The number of hydrogen-bond donors (Lipinski definition) is 0. The highest BCUT2D eigenvalue weighted by Gasteiger charge is 2.31. The Hall–Kier alpha value is -2.94. The molecule has 0 saturated carbocycles. The standard InChI is InChI=1S/C27H31N3O4S/c1-34-25-12-11-22(19-26(25)35(32,33)30-13-4-5-14-30)27(31)29-17-15-28(16-18-29)20-23-9-6-8-21-7-2-3-10-24(21)23/h2-3,6-12,19H,4-5,13-18,20H2,1H3. The molecule has 184 valence electrons. The number of carbonyl (C=O) groups excluding carboxylic acids is 1. The lowest BCUT2D eigenvalue weighted by molar-refractivity contribution is 0.0628. The first kappa shape index (κ1) is 23.8. The average Bonchev–Trinajstić information content (AvgIpc) is 3.45. The number of benzene rings is 3. The van der Waals surface area contributed by atoms with Gasteiger partial charge in [0, 0.05) is 51.4 Å². The molecule has 2 fully saturated rings. The van der Waals surface area contributed by atoms with E-state index in [-0.39, 0.29) is 16.6 Å². The molecule has 2 heterocycles. The fraction of sp³-hybridized carbons (Fsp3) is 0.370. The minimum atomic E-state index is -3.70. The van der Waals surface area contributed by atoms with E-state index in [4.69, 9.17) is 4.74 Å². The number of methoxy groups -OCH3 is 1. The van der Waals surface area contributed by atoms with E-state index in [1.807, 2.05) is 4.90 Å². The number of fused-ring (bicyclic) bond motifs is 1. The summed E-state index contributed by atoms with van der Waals surface area (Å²) in [5.74, 6) is 0.128. The van der Waals surface area contributed by atoms with Crippen LogP contribution in [0.1, 0.15) is 28.8 Å². The van der Waals surface area contributed by atoms with Gasteiger partial charge in [-0.25, -0.2) is 8.42 Å². The number of amides is 1. The first-order valence-corrected chi connectivity index (χ1v) is 13.6. The third-order valence-electron chi connectivity index (χ3n) is 7.03. The fourth-order valence-electron chi connectivity index (χ4n) is 5.04. The summed E-state index contributed by atoms with van der Waals surface area (Å²) in [6.45, 7) is 4.58. The molecule has 2 aliphatic heterocycles. The molecule has 2 saturated heterocycles. The highest BCUT2D eigenvalue weighted by Crippen LogP contribution is 2.30. The lowest BCUT2D eigenvalue weighted by atomic mass is 10.0. The summed E-state index contributed by atoms with van der Waals surface area (Å²) < 4.78 is 33.2. The Morgan fingerprint density at radius 3 is 2.34 bits per heavy atom. The Kier molecular flexibility index (Phi) is 6.77. The molecule has 8 heteroatoms. The van der Waals surface area contributed by atoms with Crippen LogP contribution in [0.5, 0.6) is 5.75 Å². The van der Waals surface area contributed by atoms with Crippen molar-refractivity contribution in [3.05, 3.63) is 71.8 Å². The number of sulfonamides is 1. The van der Waals surface area contributed by atoms with Crippen LogP contribution in [0.3, 0.4) is 0 Å². The Morgan fingerprint density at radius 2 is 1.60 bits per heavy atom. The van der Waals surface area contributed by atoms with Crippen molar-refractivity contribution in [2.24, 2.45) is 0 Å². The summed E-state index contributed by atoms with van der Waals surface area (Å²) in [4.78, 5) is 17.5. The molecule has 0 bridgehead atoms. The maximum Gasteiger partial charge on any atom is 0.253 e. The van der Waals surface area contributed by atoms with E-state index in [2.05, 4.69) is 47.4 Å². The summed E-state index contributed by atoms with van der Waals surface area (Å²) in [6, 6.07) is 19.5. The van der Waals surface area contributed by atoms with Gasteiger partial charge in [0.1, 0.15) is 10.6 Å². The van der Waals surface area contributed by atoms with Crippen LogP contribution < -0.4 is 4.74 Å². The largest absolute Gasteiger partial charge is 0.495 e. The van der Waals surface area contributed by atoms with Gasteiger partial charge < -0.3 is 9.64 Å². The molecule has 0 unspecified atom stereocenters. The molecular weight excluding hydrogens is 462 g/mol. The maximum absolute atomic E-state index is 13.3. The van der Waals surface area contributed by atoms with Crippen molar-refractivity contribution >= 4 is 26.7 Å². The molecule has 3 aromatic carbocycles. The van der Waals surface area contributed by atoms with Gasteiger partial charge in [-0.1, -0.05) is 42.5 Å². The van der Waals surface area contributed by atoms with Crippen molar-refractivity contribution in [3.8, 4) is 5.75 Å². The number of rotatable bonds is 6. The summed E-state index contributed by atoms with van der Waals surface area (Å²) in [5, 5.41) is 2.50. The number of carbonyl (C=O) groups is 1. The van der Waals surface area contributed by atoms with Crippen LogP contribution in [-0.4, -0.2) is 74.8 Å². The van der Waals surface area contributed by atoms with Crippen molar-refractivity contribution in [2.75, 3.05) is 46.4 Å². The van der Waals surface area contributed by atoms with E-state index < -0.39 is 10.0 Å². The first-order chi connectivity index (χ1) is 17.0. The minimum Gasteiger partial charge on any atom is -0.495 e. The maximum atomic E-state index is 13.3. The number of piperazine rings is 1. The van der Waals surface area contributed by atoms with E-state index in [1.54, 1.807) is 12.1 Å². The zero-order chi connectivity index (χ0) is 24.4. The predicted octanol–water partition coefficient (Wildman–Crippen LogP) is 3.59. The van der Waals surface area contributed by atoms with Crippen LogP contribution >= 0.6 is 0 Å². The first-order valence-electron chi connectivity index (χ1n) is 12.1. The van der Waals surface area contributed by atoms with Gasteiger partial charge in [0.25, 0.3) is 5.91 Å². The van der Waals surface area contributed by atoms with Crippen LogP contribution in [0.15, 0.2) is 65.6 Å². The highest BCUT2D eigenvalue weighted by molar-refractivity contribution is 7.89. The molecular formula is C27H31N3O4S. The Balaban J connectivity index is 1.28. The molecule has 0 aromatic heterocycles. The number of hydrogen-bond acceptors (Lipinski definition) is 5. The number of nitrogens with zero attached hydrogens (tertiary/aromatic N) is 3. The SMILES string of the molecule is COc1ccc(C(=O)N2CCN(Cc3cccc4ccccc34)CC2)cc1S(=O)(=O)N1CCCC1. The minimum absolute atomic E-state index is 0.0716. The zero-order valence-electron chi connectivity index (χ0n) is 20.0. The smallest absolute Gasteiger partial charge is 0.253 e. The van der Waals surface area contributed by atoms with E-state index in [0.717, 1.165) is 32.5 Å². The van der Waals surface area contributed by atoms with Crippen molar-refractivity contribution in [1.29, 1.82) is 0 Å². The Bertz CT molecular complexity index is 1320. The van der Waals surface area contributed by atoms with Gasteiger partial charge >= 0.3 is 0 Å². The third-order valence-corrected chi connectivity index (χ3v) is 8.95. The average molecular weight is 494 g/mol. The van der Waals surface area contributed by atoms with Crippen LogP contribution in [-0.2, 0) is 16.6 Å². The zero-order valence-corrected chi connectivity index (χ0v) is 20.8. The monoisotopic (exact) mass is 493 g/mol.